The second kappa shape index (κ2) is 7.84. The third-order valence-electron chi connectivity index (χ3n) is 4.53. The minimum atomic E-state index is -0.230. The summed E-state index contributed by atoms with van der Waals surface area (Å²) in [6.07, 6.45) is 5.29. The van der Waals surface area contributed by atoms with Gasteiger partial charge in [-0.3, -0.25) is 4.90 Å². The summed E-state index contributed by atoms with van der Waals surface area (Å²) < 4.78 is 2.42. The molecule has 0 amide bonds. The molecule has 0 saturated carbocycles. The number of aliphatic hydroxyl groups excluding tert-OH is 1. The maximum absolute atomic E-state index is 10.3. The maximum atomic E-state index is 10.3. The van der Waals surface area contributed by atoms with Gasteiger partial charge in [0.1, 0.15) is 6.23 Å². The number of nitrogens with zero attached hydrogens (tertiary/aromatic N) is 3. The molecule has 19 heavy (non-hydrogen) atoms. The van der Waals surface area contributed by atoms with Crippen LogP contribution in [0.3, 0.4) is 0 Å². The van der Waals surface area contributed by atoms with Gasteiger partial charge in [0.2, 0.25) is 0 Å². The van der Waals surface area contributed by atoms with Crippen molar-refractivity contribution in [2.75, 3.05) is 52.1 Å². The highest BCUT2D eigenvalue weighted by atomic mass is 32.2. The van der Waals surface area contributed by atoms with E-state index in [2.05, 4.69) is 27.3 Å². The number of hydrogen-bond donors (Lipinski definition) is 1. The number of piperazine rings is 1. The molecule has 4 nitrogen and oxygen atoms in total. The van der Waals surface area contributed by atoms with Gasteiger partial charge in [-0.25, -0.2) is 4.31 Å². The molecule has 2 rings (SSSR count). The van der Waals surface area contributed by atoms with Crippen molar-refractivity contribution < 1.29 is 5.11 Å². The molecule has 2 saturated heterocycles. The lowest BCUT2D eigenvalue weighted by atomic mass is 9.99. The first kappa shape index (κ1) is 15.6. The number of rotatable bonds is 5. The molecular weight excluding hydrogens is 258 g/mol. The first-order valence-electron chi connectivity index (χ1n) is 7.62. The summed E-state index contributed by atoms with van der Waals surface area (Å²) >= 11 is 1.84. The topological polar surface area (TPSA) is 30.0 Å². The minimum Gasteiger partial charge on any atom is -0.378 e. The molecule has 2 aliphatic rings. The van der Waals surface area contributed by atoms with E-state index in [0.29, 0.717) is 0 Å². The first-order valence-corrected chi connectivity index (χ1v) is 8.80. The van der Waals surface area contributed by atoms with Crippen LogP contribution in [0.2, 0.25) is 0 Å². The van der Waals surface area contributed by atoms with Crippen LogP contribution in [-0.4, -0.2) is 77.5 Å². The Morgan fingerprint density at radius 1 is 1.11 bits per heavy atom. The lowest BCUT2D eigenvalue weighted by Gasteiger charge is -2.36. The lowest BCUT2D eigenvalue weighted by Crippen LogP contribution is -2.46. The first-order chi connectivity index (χ1) is 9.19. The van der Waals surface area contributed by atoms with E-state index in [9.17, 15) is 5.11 Å². The van der Waals surface area contributed by atoms with E-state index in [1.54, 1.807) is 0 Å². The van der Waals surface area contributed by atoms with Crippen LogP contribution in [0.1, 0.15) is 26.2 Å². The Labute approximate surface area is 122 Å². The summed E-state index contributed by atoms with van der Waals surface area (Å²) in [5, 5.41) is 10.3. The second-order valence-corrected chi connectivity index (χ2v) is 6.82. The normalized spacial score (nSPS) is 26.7. The molecule has 1 atom stereocenters. The van der Waals surface area contributed by atoms with Crippen LogP contribution in [0.4, 0.5) is 0 Å². The number of aliphatic hydroxyl groups is 1. The van der Waals surface area contributed by atoms with Gasteiger partial charge in [0.25, 0.3) is 0 Å². The molecule has 0 radical (unpaired) electrons. The van der Waals surface area contributed by atoms with Crippen molar-refractivity contribution >= 4 is 11.9 Å². The fourth-order valence-electron chi connectivity index (χ4n) is 2.94. The van der Waals surface area contributed by atoms with Gasteiger partial charge in [-0.1, -0.05) is 18.9 Å². The predicted molar refractivity (Wildman–Crippen MR) is 82.1 cm³/mol. The molecule has 0 aromatic rings. The predicted octanol–water partition coefficient (Wildman–Crippen LogP) is 1.32. The zero-order chi connectivity index (χ0) is 13.7. The maximum Gasteiger partial charge on any atom is 0.108 e. The molecule has 5 heteroatoms. The lowest BCUT2D eigenvalue weighted by molar-refractivity contribution is -0.0268. The Kier molecular flexibility index (Phi) is 6.42. The summed E-state index contributed by atoms with van der Waals surface area (Å²) in [4.78, 5) is 4.75. The number of likely N-dealkylation sites (tertiary alicyclic amines) is 1. The van der Waals surface area contributed by atoms with Gasteiger partial charge in [-0.2, -0.15) is 0 Å². The van der Waals surface area contributed by atoms with Gasteiger partial charge < -0.3 is 10.0 Å². The van der Waals surface area contributed by atoms with Crippen molar-refractivity contribution in [1.29, 1.82) is 0 Å². The summed E-state index contributed by atoms with van der Waals surface area (Å²) in [6.45, 7) is 10.1. The number of hydrogen-bond acceptors (Lipinski definition) is 5. The Hall–Kier alpha value is 0.190. The summed E-state index contributed by atoms with van der Waals surface area (Å²) in [6, 6.07) is 0. The van der Waals surface area contributed by atoms with Crippen molar-refractivity contribution in [3.63, 3.8) is 0 Å². The van der Waals surface area contributed by atoms with E-state index in [1.165, 1.54) is 12.8 Å². The number of piperidine rings is 1. The molecule has 0 bridgehead atoms. The quantitative estimate of drug-likeness (QED) is 0.771. The Balaban J connectivity index is 1.62. The van der Waals surface area contributed by atoms with Gasteiger partial charge in [0.05, 0.1) is 0 Å². The molecule has 0 aromatic heterocycles. The van der Waals surface area contributed by atoms with Crippen LogP contribution in [0.15, 0.2) is 0 Å². The molecule has 1 N–H and O–H groups in total. The average Bonchev–Trinajstić information content (AvgIpc) is 2.46. The minimum absolute atomic E-state index is 0.230. The van der Waals surface area contributed by atoms with Gasteiger partial charge in [-0.05, 0) is 31.4 Å². The zero-order valence-electron chi connectivity index (χ0n) is 12.4. The summed E-state index contributed by atoms with van der Waals surface area (Å²) in [7, 11) is 0. The van der Waals surface area contributed by atoms with Gasteiger partial charge in [-0.15, -0.1) is 0 Å². The monoisotopic (exact) mass is 287 g/mol. The Bertz CT molecular complexity index is 251. The van der Waals surface area contributed by atoms with Crippen molar-refractivity contribution in [3.05, 3.63) is 0 Å². The van der Waals surface area contributed by atoms with Crippen LogP contribution in [0.25, 0.3) is 0 Å². The van der Waals surface area contributed by atoms with Gasteiger partial charge >= 0.3 is 0 Å². The summed E-state index contributed by atoms with van der Waals surface area (Å²) in [5.41, 5.74) is 0. The Morgan fingerprint density at radius 3 is 2.32 bits per heavy atom. The van der Waals surface area contributed by atoms with E-state index < -0.39 is 0 Å². The van der Waals surface area contributed by atoms with Crippen LogP contribution < -0.4 is 0 Å². The molecule has 1 unspecified atom stereocenters. The van der Waals surface area contributed by atoms with Crippen LogP contribution in [0.5, 0.6) is 0 Å². The van der Waals surface area contributed by atoms with Crippen LogP contribution >= 0.6 is 11.9 Å². The van der Waals surface area contributed by atoms with Crippen LogP contribution in [-0.2, 0) is 0 Å². The van der Waals surface area contributed by atoms with Gasteiger partial charge in [0, 0.05) is 45.8 Å². The largest absolute Gasteiger partial charge is 0.378 e. The van der Waals surface area contributed by atoms with Crippen molar-refractivity contribution in [2.24, 2.45) is 5.92 Å². The molecule has 2 aliphatic heterocycles. The second-order valence-electron chi connectivity index (χ2n) is 5.94. The Morgan fingerprint density at radius 2 is 1.74 bits per heavy atom. The molecule has 0 spiro atoms. The van der Waals surface area contributed by atoms with E-state index in [4.69, 9.17) is 0 Å². The standard InChI is InChI=1S/C14H29N3OS/c1-13-3-7-16(8-4-13)14(18)5-6-15-9-11-17(19-2)12-10-15/h13-14,18H,3-12H2,1-2H3. The van der Waals surface area contributed by atoms with Crippen molar-refractivity contribution in [1.82, 2.24) is 14.1 Å². The van der Waals surface area contributed by atoms with E-state index in [0.717, 1.165) is 58.2 Å². The highest BCUT2D eigenvalue weighted by Crippen LogP contribution is 2.18. The van der Waals surface area contributed by atoms with Crippen molar-refractivity contribution in [3.8, 4) is 0 Å². The van der Waals surface area contributed by atoms with Gasteiger partial charge in [0.15, 0.2) is 0 Å². The zero-order valence-corrected chi connectivity index (χ0v) is 13.2. The van der Waals surface area contributed by atoms with Crippen LogP contribution in [0, 0.1) is 5.92 Å². The fourth-order valence-corrected chi connectivity index (χ4v) is 3.47. The SMILES string of the molecule is CSN1CCN(CCC(O)N2CCC(C)CC2)CC1. The van der Waals surface area contributed by atoms with E-state index in [1.807, 2.05) is 11.9 Å². The highest BCUT2D eigenvalue weighted by molar-refractivity contribution is 7.96. The van der Waals surface area contributed by atoms with E-state index in [-0.39, 0.29) is 6.23 Å². The third kappa shape index (κ3) is 4.90. The fraction of sp³-hybridized carbons (Fsp3) is 1.00. The molecule has 0 aromatic carbocycles. The average molecular weight is 287 g/mol. The molecule has 0 aliphatic carbocycles. The summed E-state index contributed by atoms with van der Waals surface area (Å²) in [5.74, 6) is 0.836. The smallest absolute Gasteiger partial charge is 0.108 e. The highest BCUT2D eigenvalue weighted by Gasteiger charge is 2.23. The molecular formula is C14H29N3OS. The van der Waals surface area contributed by atoms with Crippen molar-refractivity contribution in [2.45, 2.75) is 32.4 Å². The molecule has 2 fully saturated rings. The molecule has 2 heterocycles. The third-order valence-corrected chi connectivity index (χ3v) is 5.41. The molecule has 112 valence electrons. The van der Waals surface area contributed by atoms with E-state index >= 15 is 0 Å².